The van der Waals surface area contributed by atoms with Crippen molar-refractivity contribution in [3.63, 3.8) is 0 Å². The summed E-state index contributed by atoms with van der Waals surface area (Å²) in [7, 11) is 0. The molecule has 1 saturated heterocycles. The number of amides is 1. The molecule has 2 fully saturated rings. The van der Waals surface area contributed by atoms with Gasteiger partial charge in [-0.3, -0.25) is 15.0 Å². The minimum Gasteiger partial charge on any atom is -0.460 e. The zero-order chi connectivity index (χ0) is 28.1. The Bertz CT molecular complexity index is 1290. The first kappa shape index (κ1) is 27.9. The van der Waals surface area contributed by atoms with Gasteiger partial charge < -0.3 is 9.47 Å². The van der Waals surface area contributed by atoms with Crippen molar-refractivity contribution in [2.75, 3.05) is 18.4 Å². The fraction of sp³-hybridized carbons (Fsp3) is 0.412. The van der Waals surface area contributed by atoms with Gasteiger partial charge in [-0.2, -0.15) is 0 Å². The number of anilines is 1. The van der Waals surface area contributed by atoms with Gasteiger partial charge in [0.1, 0.15) is 11.7 Å². The lowest BCUT2D eigenvalue weighted by Crippen LogP contribution is -2.25. The van der Waals surface area contributed by atoms with Crippen LogP contribution in [0.5, 0.6) is 0 Å². The number of likely N-dealkylation sites (tertiary alicyclic amines) is 1. The molecule has 2 unspecified atom stereocenters. The summed E-state index contributed by atoms with van der Waals surface area (Å²) in [4.78, 5) is 27.3. The third kappa shape index (κ3) is 7.51. The molecule has 40 heavy (non-hydrogen) atoms. The number of para-hydroxylation sites is 1. The summed E-state index contributed by atoms with van der Waals surface area (Å²) in [6.45, 7) is 8.66. The van der Waals surface area contributed by atoms with Crippen molar-refractivity contribution >= 4 is 17.7 Å². The number of aryl methyl sites for hydroxylation is 1. The lowest BCUT2D eigenvalue weighted by molar-refractivity contribution is -0.154. The first-order valence-electron chi connectivity index (χ1n) is 14.4. The average molecular weight is 541 g/mol. The molecular weight excluding hydrogens is 500 g/mol. The zero-order valence-corrected chi connectivity index (χ0v) is 23.8. The maximum Gasteiger partial charge on any atom is 0.411 e. The van der Waals surface area contributed by atoms with E-state index >= 15 is 0 Å². The number of carbonyl (C=O) groups excluding carboxylic acids is 2. The minimum absolute atomic E-state index is 0.0368. The van der Waals surface area contributed by atoms with Crippen molar-refractivity contribution in [2.24, 2.45) is 11.8 Å². The van der Waals surface area contributed by atoms with Gasteiger partial charge in [0.15, 0.2) is 0 Å². The Kier molecular flexibility index (Phi) is 8.55. The Morgan fingerprint density at radius 1 is 0.850 bits per heavy atom. The molecule has 3 atom stereocenters. The van der Waals surface area contributed by atoms with Crippen LogP contribution in [0.25, 0.3) is 11.1 Å². The lowest BCUT2D eigenvalue weighted by Gasteiger charge is -2.20. The van der Waals surface area contributed by atoms with Crippen molar-refractivity contribution in [3.05, 3.63) is 90.0 Å². The van der Waals surface area contributed by atoms with Crippen LogP contribution in [-0.4, -0.2) is 41.8 Å². The van der Waals surface area contributed by atoms with E-state index in [-0.39, 0.29) is 18.2 Å². The number of nitrogens with one attached hydrogen (secondary N) is 1. The second kappa shape index (κ2) is 12.3. The van der Waals surface area contributed by atoms with Gasteiger partial charge in [0.2, 0.25) is 0 Å². The zero-order valence-electron chi connectivity index (χ0n) is 23.8. The summed E-state index contributed by atoms with van der Waals surface area (Å²) in [5.74, 6) is 0.960. The standard InChI is InChI=1S/C34H40N2O4/c1-34(2,3)40-32(37)18-17-24-13-15-25(16-14-24)21-36-22-27-19-29(20-28(27)23-36)39-33(38)35-31-12-8-7-11-30(31)26-9-5-4-6-10-26/h4-16,27-29H,17-23H2,1-3H3,(H,35,38)/t27-,28?,29?/m1/s1. The summed E-state index contributed by atoms with van der Waals surface area (Å²) in [5, 5.41) is 2.98. The fourth-order valence-electron chi connectivity index (χ4n) is 6.03. The van der Waals surface area contributed by atoms with Gasteiger partial charge in [0.25, 0.3) is 0 Å². The molecule has 3 aromatic carbocycles. The average Bonchev–Trinajstić information content (AvgIpc) is 3.46. The first-order valence-corrected chi connectivity index (χ1v) is 14.4. The van der Waals surface area contributed by atoms with Gasteiger partial charge in [-0.1, -0.05) is 72.8 Å². The smallest absolute Gasteiger partial charge is 0.411 e. The highest BCUT2D eigenvalue weighted by molar-refractivity contribution is 5.91. The molecule has 0 aromatic heterocycles. The van der Waals surface area contributed by atoms with Gasteiger partial charge in [0.05, 0.1) is 5.69 Å². The number of esters is 1. The van der Waals surface area contributed by atoms with Gasteiger partial charge in [-0.05, 0) is 74.6 Å². The van der Waals surface area contributed by atoms with Crippen molar-refractivity contribution < 1.29 is 19.1 Å². The van der Waals surface area contributed by atoms with Gasteiger partial charge in [-0.15, -0.1) is 0 Å². The van der Waals surface area contributed by atoms with E-state index in [0.717, 1.165) is 54.9 Å². The minimum atomic E-state index is -0.442. The van der Waals surface area contributed by atoms with Gasteiger partial charge >= 0.3 is 12.1 Å². The number of ether oxygens (including phenoxy) is 2. The van der Waals surface area contributed by atoms with Crippen molar-refractivity contribution in [2.45, 2.75) is 64.7 Å². The maximum atomic E-state index is 12.8. The lowest BCUT2D eigenvalue weighted by atomic mass is 10.0. The monoisotopic (exact) mass is 540 g/mol. The molecule has 1 heterocycles. The molecule has 6 nitrogen and oxygen atoms in total. The molecule has 0 radical (unpaired) electrons. The van der Waals surface area contributed by atoms with Crippen molar-refractivity contribution in [3.8, 4) is 11.1 Å². The Morgan fingerprint density at radius 3 is 2.15 bits per heavy atom. The summed E-state index contributed by atoms with van der Waals surface area (Å²) in [6, 6.07) is 26.5. The van der Waals surface area contributed by atoms with Crippen LogP contribution in [0.3, 0.4) is 0 Å². The molecule has 5 rings (SSSR count). The highest BCUT2D eigenvalue weighted by Crippen LogP contribution is 2.40. The molecule has 1 N–H and O–H groups in total. The predicted octanol–water partition coefficient (Wildman–Crippen LogP) is 7.09. The fourth-order valence-corrected chi connectivity index (χ4v) is 6.03. The Balaban J connectivity index is 1.06. The van der Waals surface area contributed by atoms with E-state index in [1.165, 1.54) is 5.56 Å². The van der Waals surface area contributed by atoms with Crippen LogP contribution in [0.15, 0.2) is 78.9 Å². The summed E-state index contributed by atoms with van der Waals surface area (Å²) < 4.78 is 11.3. The molecule has 210 valence electrons. The van der Waals surface area contributed by atoms with Crippen molar-refractivity contribution in [1.29, 1.82) is 0 Å². The molecular formula is C34H40N2O4. The molecule has 1 aliphatic heterocycles. The molecule has 2 aliphatic rings. The number of fused-ring (bicyclic) bond motifs is 1. The number of carbonyl (C=O) groups is 2. The van der Waals surface area contributed by atoms with Crippen LogP contribution >= 0.6 is 0 Å². The van der Waals surface area contributed by atoms with Crippen LogP contribution in [0, 0.1) is 11.8 Å². The van der Waals surface area contributed by atoms with Crippen LogP contribution in [0.2, 0.25) is 0 Å². The third-order valence-electron chi connectivity index (χ3n) is 7.77. The maximum absolute atomic E-state index is 12.8. The second-order valence-corrected chi connectivity index (χ2v) is 12.2. The molecule has 0 spiro atoms. The number of hydrogen-bond acceptors (Lipinski definition) is 5. The molecule has 0 bridgehead atoms. The van der Waals surface area contributed by atoms with Crippen LogP contribution in [0.4, 0.5) is 10.5 Å². The topological polar surface area (TPSA) is 67.9 Å². The van der Waals surface area contributed by atoms with E-state index in [1.54, 1.807) is 0 Å². The predicted molar refractivity (Wildman–Crippen MR) is 158 cm³/mol. The van der Waals surface area contributed by atoms with Gasteiger partial charge in [0, 0.05) is 31.6 Å². The summed E-state index contributed by atoms with van der Waals surface area (Å²) in [6.07, 6.45) is 2.50. The number of nitrogens with zero attached hydrogens (tertiary/aromatic N) is 1. The number of benzene rings is 3. The largest absolute Gasteiger partial charge is 0.460 e. The molecule has 1 aliphatic carbocycles. The summed E-state index contributed by atoms with van der Waals surface area (Å²) in [5.41, 5.74) is 4.79. The van der Waals surface area contributed by atoms with E-state index in [1.807, 2.05) is 75.4 Å². The Labute approximate surface area is 237 Å². The first-order chi connectivity index (χ1) is 19.2. The van der Waals surface area contributed by atoms with E-state index < -0.39 is 5.60 Å². The number of hydrogen-bond donors (Lipinski definition) is 1. The number of rotatable bonds is 8. The quantitative estimate of drug-likeness (QED) is 0.309. The summed E-state index contributed by atoms with van der Waals surface area (Å²) >= 11 is 0. The molecule has 6 heteroatoms. The second-order valence-electron chi connectivity index (χ2n) is 12.2. The Morgan fingerprint density at radius 2 is 1.48 bits per heavy atom. The molecule has 1 saturated carbocycles. The third-order valence-corrected chi connectivity index (χ3v) is 7.77. The SMILES string of the molecule is CC(C)(C)OC(=O)CCc1ccc(CN2CC3CC(OC(=O)Nc4ccccc4-c4ccccc4)C[C@@H]3C2)cc1. The normalized spacial score (nSPS) is 20.6. The Hall–Kier alpha value is -3.64. The van der Waals surface area contributed by atoms with Crippen LogP contribution in [-0.2, 0) is 27.2 Å². The van der Waals surface area contributed by atoms with Crippen molar-refractivity contribution in [1.82, 2.24) is 4.90 Å². The van der Waals surface area contributed by atoms with Crippen LogP contribution in [0.1, 0.15) is 51.2 Å². The van der Waals surface area contributed by atoms with E-state index in [0.29, 0.717) is 24.7 Å². The van der Waals surface area contributed by atoms with Gasteiger partial charge in [-0.25, -0.2) is 4.79 Å². The molecule has 3 aromatic rings. The highest BCUT2D eigenvalue weighted by atomic mass is 16.6. The van der Waals surface area contributed by atoms with E-state index in [4.69, 9.17) is 9.47 Å². The van der Waals surface area contributed by atoms with E-state index in [9.17, 15) is 9.59 Å². The molecule has 1 amide bonds. The highest BCUT2D eigenvalue weighted by Gasteiger charge is 2.42. The van der Waals surface area contributed by atoms with E-state index in [2.05, 4.69) is 34.5 Å². The van der Waals surface area contributed by atoms with Crippen LogP contribution < -0.4 is 5.32 Å².